The summed E-state index contributed by atoms with van der Waals surface area (Å²) in [6.07, 6.45) is 4.87. The zero-order chi connectivity index (χ0) is 13.8. The lowest BCUT2D eigenvalue weighted by Gasteiger charge is -2.28. The number of nitrogens with two attached hydrogens (primary N) is 2. The Hall–Kier alpha value is -0.610. The van der Waals surface area contributed by atoms with Gasteiger partial charge in [0.05, 0.1) is 11.6 Å². The van der Waals surface area contributed by atoms with Crippen LogP contribution in [-0.2, 0) is 9.53 Å². The summed E-state index contributed by atoms with van der Waals surface area (Å²) in [6.45, 7) is 7.15. The van der Waals surface area contributed by atoms with Crippen LogP contribution in [0.3, 0.4) is 0 Å². The van der Waals surface area contributed by atoms with Crippen molar-refractivity contribution in [3.05, 3.63) is 0 Å². The van der Waals surface area contributed by atoms with Crippen molar-refractivity contribution in [2.24, 2.45) is 23.3 Å². The van der Waals surface area contributed by atoms with Crippen molar-refractivity contribution >= 4 is 5.91 Å². The molecule has 3 unspecified atom stereocenters. The number of primary amides is 1. The van der Waals surface area contributed by atoms with Gasteiger partial charge in [0.25, 0.3) is 0 Å². The molecule has 0 bridgehead atoms. The number of amides is 1. The molecule has 0 radical (unpaired) electrons. The molecule has 0 heterocycles. The van der Waals surface area contributed by atoms with Gasteiger partial charge in [-0.05, 0) is 44.4 Å². The highest BCUT2D eigenvalue weighted by Gasteiger charge is 2.43. The summed E-state index contributed by atoms with van der Waals surface area (Å²) < 4.78 is 5.78. The smallest absolute Gasteiger partial charge is 0.237 e. The lowest BCUT2D eigenvalue weighted by Crippen LogP contribution is -2.54. The molecule has 4 N–H and O–H groups in total. The molecule has 0 aromatic heterocycles. The van der Waals surface area contributed by atoms with Gasteiger partial charge in [-0.1, -0.05) is 20.3 Å². The standard InChI is InChI=1S/C14H28N2O2/c1-10(2)9-11(3)18-8-6-12-5-4-7-14(12,16)13(15)17/h10-12H,4-9,16H2,1-3H3,(H2,15,17). The molecule has 1 amide bonds. The number of hydrogen-bond acceptors (Lipinski definition) is 3. The van der Waals surface area contributed by atoms with Crippen LogP contribution in [0.2, 0.25) is 0 Å². The second kappa shape index (κ2) is 6.53. The summed E-state index contributed by atoms with van der Waals surface area (Å²) >= 11 is 0. The van der Waals surface area contributed by atoms with Gasteiger partial charge in [-0.2, -0.15) is 0 Å². The maximum Gasteiger partial charge on any atom is 0.237 e. The summed E-state index contributed by atoms with van der Waals surface area (Å²) in [4.78, 5) is 11.4. The Morgan fingerprint density at radius 3 is 2.67 bits per heavy atom. The molecule has 1 fully saturated rings. The Kier molecular flexibility index (Phi) is 5.60. The SMILES string of the molecule is CC(C)CC(C)OCCC1CCCC1(N)C(N)=O. The number of rotatable bonds is 7. The minimum absolute atomic E-state index is 0.182. The van der Waals surface area contributed by atoms with Crippen LogP contribution in [0.1, 0.15) is 52.9 Å². The Bertz CT molecular complexity index is 281. The summed E-state index contributed by atoms with van der Waals surface area (Å²) in [7, 11) is 0. The van der Waals surface area contributed by atoms with Crippen molar-refractivity contribution in [2.45, 2.75) is 64.5 Å². The maximum atomic E-state index is 11.4. The normalized spacial score (nSPS) is 29.7. The second-order valence-electron chi connectivity index (χ2n) is 6.09. The van der Waals surface area contributed by atoms with Gasteiger partial charge >= 0.3 is 0 Å². The van der Waals surface area contributed by atoms with Crippen LogP contribution in [0, 0.1) is 11.8 Å². The Morgan fingerprint density at radius 1 is 1.44 bits per heavy atom. The summed E-state index contributed by atoms with van der Waals surface area (Å²) in [5.74, 6) is 0.465. The van der Waals surface area contributed by atoms with E-state index in [0.29, 0.717) is 18.9 Å². The Balaban J connectivity index is 2.33. The predicted molar refractivity (Wildman–Crippen MR) is 72.9 cm³/mol. The minimum Gasteiger partial charge on any atom is -0.378 e. The fourth-order valence-electron chi connectivity index (χ4n) is 2.97. The molecule has 1 saturated carbocycles. The molecule has 0 spiro atoms. The Labute approximate surface area is 110 Å². The topological polar surface area (TPSA) is 78.3 Å². The van der Waals surface area contributed by atoms with Crippen molar-refractivity contribution in [2.75, 3.05) is 6.61 Å². The van der Waals surface area contributed by atoms with E-state index in [2.05, 4.69) is 20.8 Å². The third-order valence-corrected chi connectivity index (χ3v) is 4.00. The van der Waals surface area contributed by atoms with Crippen molar-refractivity contribution in [3.8, 4) is 0 Å². The molecule has 4 nitrogen and oxygen atoms in total. The molecule has 0 saturated heterocycles. The van der Waals surface area contributed by atoms with Crippen molar-refractivity contribution < 1.29 is 9.53 Å². The zero-order valence-electron chi connectivity index (χ0n) is 11.9. The summed E-state index contributed by atoms with van der Waals surface area (Å²) in [6, 6.07) is 0. The van der Waals surface area contributed by atoms with E-state index in [1.807, 2.05) is 0 Å². The molecule has 1 aliphatic carbocycles. The van der Waals surface area contributed by atoms with E-state index >= 15 is 0 Å². The van der Waals surface area contributed by atoms with Crippen molar-refractivity contribution in [1.82, 2.24) is 0 Å². The van der Waals surface area contributed by atoms with Crippen molar-refractivity contribution in [3.63, 3.8) is 0 Å². The number of hydrogen-bond donors (Lipinski definition) is 2. The van der Waals surface area contributed by atoms with Crippen LogP contribution in [0.25, 0.3) is 0 Å². The van der Waals surface area contributed by atoms with Gasteiger partial charge in [-0.3, -0.25) is 4.79 Å². The molecule has 0 aliphatic heterocycles. The summed E-state index contributed by atoms with van der Waals surface area (Å²) in [5.41, 5.74) is 10.7. The zero-order valence-corrected chi connectivity index (χ0v) is 11.9. The lowest BCUT2D eigenvalue weighted by atomic mass is 9.85. The molecule has 1 aliphatic rings. The fraction of sp³-hybridized carbons (Fsp3) is 0.929. The van der Waals surface area contributed by atoms with Crippen molar-refractivity contribution in [1.29, 1.82) is 0 Å². The highest BCUT2D eigenvalue weighted by atomic mass is 16.5. The van der Waals surface area contributed by atoms with Crippen LogP contribution in [0.4, 0.5) is 0 Å². The first kappa shape index (κ1) is 15.4. The number of ether oxygens (including phenoxy) is 1. The van der Waals surface area contributed by atoms with Gasteiger partial charge in [0.1, 0.15) is 0 Å². The van der Waals surface area contributed by atoms with Gasteiger partial charge in [0, 0.05) is 6.61 Å². The van der Waals surface area contributed by atoms with Gasteiger partial charge in [-0.25, -0.2) is 0 Å². The molecule has 106 valence electrons. The van der Waals surface area contributed by atoms with Crippen LogP contribution in [0.15, 0.2) is 0 Å². The molecule has 1 rings (SSSR count). The van der Waals surface area contributed by atoms with E-state index in [-0.39, 0.29) is 17.9 Å². The lowest BCUT2D eigenvalue weighted by molar-refractivity contribution is -0.124. The van der Waals surface area contributed by atoms with Crippen LogP contribution < -0.4 is 11.5 Å². The Morgan fingerprint density at radius 2 is 2.11 bits per heavy atom. The molecular weight excluding hydrogens is 228 g/mol. The fourth-order valence-corrected chi connectivity index (χ4v) is 2.97. The quantitative estimate of drug-likeness (QED) is 0.729. The molecular formula is C14H28N2O2. The first-order valence-electron chi connectivity index (χ1n) is 7.06. The molecule has 3 atom stereocenters. The van der Waals surface area contributed by atoms with E-state index in [1.54, 1.807) is 0 Å². The summed E-state index contributed by atoms with van der Waals surface area (Å²) in [5, 5.41) is 0. The first-order chi connectivity index (χ1) is 8.36. The highest BCUT2D eigenvalue weighted by Crippen LogP contribution is 2.35. The van der Waals surface area contributed by atoms with Crippen LogP contribution in [0.5, 0.6) is 0 Å². The second-order valence-corrected chi connectivity index (χ2v) is 6.09. The van der Waals surface area contributed by atoms with Gasteiger partial charge < -0.3 is 16.2 Å². The molecule has 18 heavy (non-hydrogen) atoms. The van der Waals surface area contributed by atoms with E-state index in [0.717, 1.165) is 25.7 Å². The monoisotopic (exact) mass is 256 g/mol. The number of carbonyl (C=O) groups is 1. The third-order valence-electron chi connectivity index (χ3n) is 4.00. The van der Waals surface area contributed by atoms with E-state index in [4.69, 9.17) is 16.2 Å². The average Bonchev–Trinajstić information content (AvgIpc) is 2.60. The predicted octanol–water partition coefficient (Wildman–Crippen LogP) is 1.81. The molecule has 4 heteroatoms. The molecule has 0 aromatic carbocycles. The van der Waals surface area contributed by atoms with Crippen LogP contribution in [-0.4, -0.2) is 24.2 Å². The minimum atomic E-state index is -0.801. The van der Waals surface area contributed by atoms with E-state index in [1.165, 1.54) is 0 Å². The van der Waals surface area contributed by atoms with Crippen LogP contribution >= 0.6 is 0 Å². The van der Waals surface area contributed by atoms with Gasteiger partial charge in [0.2, 0.25) is 5.91 Å². The largest absolute Gasteiger partial charge is 0.378 e. The maximum absolute atomic E-state index is 11.4. The van der Waals surface area contributed by atoms with E-state index in [9.17, 15) is 4.79 Å². The third kappa shape index (κ3) is 3.95. The van der Waals surface area contributed by atoms with E-state index < -0.39 is 5.54 Å². The average molecular weight is 256 g/mol. The first-order valence-corrected chi connectivity index (χ1v) is 7.06. The van der Waals surface area contributed by atoms with Gasteiger partial charge in [-0.15, -0.1) is 0 Å². The molecule has 0 aromatic rings. The highest BCUT2D eigenvalue weighted by molar-refractivity contribution is 5.85. The van der Waals surface area contributed by atoms with Gasteiger partial charge in [0.15, 0.2) is 0 Å². The number of carbonyl (C=O) groups excluding carboxylic acids is 1.